The molecule has 0 radical (unpaired) electrons. The third-order valence-corrected chi connectivity index (χ3v) is 6.11. The Morgan fingerprint density at radius 3 is 2.52 bits per heavy atom. The first-order chi connectivity index (χ1) is 13.1. The summed E-state index contributed by atoms with van der Waals surface area (Å²) in [6.45, 7) is 2.00. The molecule has 0 aliphatic heterocycles. The number of nitrogens with one attached hydrogen (secondary N) is 2. The van der Waals surface area contributed by atoms with Crippen molar-refractivity contribution in [1.82, 2.24) is 5.32 Å². The first-order valence-corrected chi connectivity index (χ1v) is 9.87. The number of hydrogen-bond donors (Lipinski definition) is 2. The number of rotatable bonds is 5. The number of anilines is 1. The van der Waals surface area contributed by atoms with Gasteiger partial charge in [0.25, 0.3) is 5.91 Å². The lowest BCUT2D eigenvalue weighted by Gasteiger charge is -2.23. The third kappa shape index (κ3) is 3.90. The molecule has 2 fully saturated rings. The smallest absolute Gasteiger partial charge is 0.255 e. The van der Waals surface area contributed by atoms with E-state index in [1.165, 1.54) is 19.3 Å². The number of carbonyl (C=O) groups is 2. The zero-order valence-electron chi connectivity index (χ0n) is 15.7. The second kappa shape index (κ2) is 7.55. The van der Waals surface area contributed by atoms with Crippen LogP contribution in [0.5, 0.6) is 0 Å². The fraction of sp³-hybridized carbons (Fsp3) is 0.391. The van der Waals surface area contributed by atoms with Gasteiger partial charge < -0.3 is 10.6 Å². The van der Waals surface area contributed by atoms with E-state index in [9.17, 15) is 9.59 Å². The Morgan fingerprint density at radius 1 is 1.00 bits per heavy atom. The van der Waals surface area contributed by atoms with E-state index in [1.807, 2.05) is 49.4 Å². The zero-order chi connectivity index (χ0) is 18.8. The fourth-order valence-electron chi connectivity index (χ4n) is 4.65. The van der Waals surface area contributed by atoms with Gasteiger partial charge in [-0.15, -0.1) is 0 Å². The monoisotopic (exact) mass is 362 g/mol. The molecule has 140 valence electrons. The van der Waals surface area contributed by atoms with E-state index in [2.05, 4.69) is 10.6 Å². The lowest BCUT2D eigenvalue weighted by atomic mass is 9.88. The number of amides is 2. The van der Waals surface area contributed by atoms with E-state index in [0.29, 0.717) is 11.5 Å². The van der Waals surface area contributed by atoms with Crippen molar-refractivity contribution in [1.29, 1.82) is 0 Å². The van der Waals surface area contributed by atoms with Gasteiger partial charge in [0, 0.05) is 17.2 Å². The lowest BCUT2D eigenvalue weighted by Crippen LogP contribution is -2.35. The highest BCUT2D eigenvalue weighted by molar-refractivity contribution is 6.04. The van der Waals surface area contributed by atoms with E-state index in [-0.39, 0.29) is 23.8 Å². The molecular formula is C23H26N2O2. The van der Waals surface area contributed by atoms with Crippen molar-refractivity contribution < 1.29 is 9.59 Å². The summed E-state index contributed by atoms with van der Waals surface area (Å²) in [6.07, 6.45) is 4.79. The summed E-state index contributed by atoms with van der Waals surface area (Å²) in [5.41, 5.74) is 2.36. The van der Waals surface area contributed by atoms with Gasteiger partial charge in [0.2, 0.25) is 5.91 Å². The molecule has 4 atom stereocenters. The highest BCUT2D eigenvalue weighted by atomic mass is 16.2. The van der Waals surface area contributed by atoms with Gasteiger partial charge in [0.15, 0.2) is 0 Å². The fourth-order valence-corrected chi connectivity index (χ4v) is 4.65. The van der Waals surface area contributed by atoms with Crippen LogP contribution in [0.1, 0.15) is 54.6 Å². The van der Waals surface area contributed by atoms with Gasteiger partial charge >= 0.3 is 0 Å². The highest BCUT2D eigenvalue weighted by Crippen LogP contribution is 2.48. The quantitative estimate of drug-likeness (QED) is 0.820. The van der Waals surface area contributed by atoms with Crippen molar-refractivity contribution in [3.05, 3.63) is 65.7 Å². The van der Waals surface area contributed by atoms with Crippen LogP contribution in [0.4, 0.5) is 5.69 Å². The zero-order valence-corrected chi connectivity index (χ0v) is 15.7. The van der Waals surface area contributed by atoms with Crippen LogP contribution in [0, 0.1) is 17.8 Å². The molecule has 2 aliphatic carbocycles. The topological polar surface area (TPSA) is 58.2 Å². The Kier molecular flexibility index (Phi) is 4.97. The van der Waals surface area contributed by atoms with E-state index in [1.54, 1.807) is 12.1 Å². The Balaban J connectivity index is 1.39. The largest absolute Gasteiger partial charge is 0.349 e. The maximum absolute atomic E-state index is 12.7. The maximum atomic E-state index is 12.7. The molecule has 4 rings (SSSR count). The van der Waals surface area contributed by atoms with Gasteiger partial charge in [0.05, 0.1) is 6.04 Å². The van der Waals surface area contributed by atoms with Crippen LogP contribution < -0.4 is 10.6 Å². The van der Waals surface area contributed by atoms with Crippen molar-refractivity contribution in [2.45, 2.75) is 38.6 Å². The normalized spacial score (nSPS) is 24.4. The van der Waals surface area contributed by atoms with Crippen LogP contribution in [0.25, 0.3) is 0 Å². The SMILES string of the molecule is CC(NC(=O)C1CC2CCC1C2)c1cccc(NC(=O)c2ccccc2)c1. The minimum absolute atomic E-state index is 0.0785. The summed E-state index contributed by atoms with van der Waals surface area (Å²) in [5.74, 6) is 1.59. The van der Waals surface area contributed by atoms with E-state index in [0.717, 1.165) is 23.6 Å². The van der Waals surface area contributed by atoms with Crippen LogP contribution in [0.2, 0.25) is 0 Å². The molecule has 2 saturated carbocycles. The minimum Gasteiger partial charge on any atom is -0.349 e. The Bertz CT molecular complexity index is 833. The summed E-state index contributed by atoms with van der Waals surface area (Å²) in [4.78, 5) is 25.0. The Hall–Kier alpha value is -2.62. The molecule has 0 heterocycles. The molecule has 4 heteroatoms. The Morgan fingerprint density at radius 2 is 1.81 bits per heavy atom. The molecular weight excluding hydrogens is 336 g/mol. The highest BCUT2D eigenvalue weighted by Gasteiger charge is 2.43. The summed E-state index contributed by atoms with van der Waals surface area (Å²) in [7, 11) is 0. The van der Waals surface area contributed by atoms with Crippen LogP contribution in [0.15, 0.2) is 54.6 Å². The van der Waals surface area contributed by atoms with Crippen LogP contribution in [0.3, 0.4) is 0 Å². The second-order valence-electron chi connectivity index (χ2n) is 7.96. The summed E-state index contributed by atoms with van der Waals surface area (Å²) < 4.78 is 0. The molecule has 2 bridgehead atoms. The lowest BCUT2D eigenvalue weighted by molar-refractivity contribution is -0.127. The third-order valence-electron chi connectivity index (χ3n) is 6.11. The summed E-state index contributed by atoms with van der Waals surface area (Å²) in [6, 6.07) is 16.8. The molecule has 2 aromatic rings. The molecule has 2 aliphatic rings. The molecule has 2 amide bonds. The molecule has 0 saturated heterocycles. The first-order valence-electron chi connectivity index (χ1n) is 9.87. The Labute approximate surface area is 160 Å². The van der Waals surface area contributed by atoms with Gasteiger partial charge in [-0.2, -0.15) is 0 Å². The molecule has 4 unspecified atom stereocenters. The number of benzene rings is 2. The van der Waals surface area contributed by atoms with E-state index in [4.69, 9.17) is 0 Å². The first kappa shape index (κ1) is 17.8. The van der Waals surface area contributed by atoms with Crippen molar-refractivity contribution in [3.8, 4) is 0 Å². The molecule has 0 aromatic heterocycles. The molecule has 4 nitrogen and oxygen atoms in total. The molecule has 2 aromatic carbocycles. The van der Waals surface area contributed by atoms with Gasteiger partial charge in [0.1, 0.15) is 0 Å². The van der Waals surface area contributed by atoms with Crippen LogP contribution >= 0.6 is 0 Å². The van der Waals surface area contributed by atoms with Gasteiger partial charge in [-0.05, 0) is 67.9 Å². The van der Waals surface area contributed by atoms with Gasteiger partial charge in [-0.3, -0.25) is 9.59 Å². The van der Waals surface area contributed by atoms with E-state index >= 15 is 0 Å². The van der Waals surface area contributed by atoms with Crippen molar-refractivity contribution >= 4 is 17.5 Å². The van der Waals surface area contributed by atoms with Crippen molar-refractivity contribution in [3.63, 3.8) is 0 Å². The van der Waals surface area contributed by atoms with Crippen molar-refractivity contribution in [2.75, 3.05) is 5.32 Å². The number of fused-ring (bicyclic) bond motifs is 2. The summed E-state index contributed by atoms with van der Waals surface area (Å²) >= 11 is 0. The number of carbonyl (C=O) groups excluding carboxylic acids is 2. The van der Waals surface area contributed by atoms with Gasteiger partial charge in [-0.1, -0.05) is 36.8 Å². The molecule has 2 N–H and O–H groups in total. The second-order valence-corrected chi connectivity index (χ2v) is 7.96. The maximum Gasteiger partial charge on any atom is 0.255 e. The van der Waals surface area contributed by atoms with Gasteiger partial charge in [-0.25, -0.2) is 0 Å². The predicted octanol–water partition coefficient (Wildman–Crippen LogP) is 4.55. The van der Waals surface area contributed by atoms with Crippen LogP contribution in [-0.2, 0) is 4.79 Å². The summed E-state index contributed by atoms with van der Waals surface area (Å²) in [5, 5.41) is 6.12. The average molecular weight is 362 g/mol. The van der Waals surface area contributed by atoms with E-state index < -0.39 is 0 Å². The average Bonchev–Trinajstić information content (AvgIpc) is 3.32. The standard InChI is InChI=1S/C23H26N2O2/c1-15(24-23(27)21-13-16-10-11-19(21)12-16)18-8-5-9-20(14-18)25-22(26)17-6-3-2-4-7-17/h2-9,14-16,19,21H,10-13H2,1H3,(H,24,27)(H,25,26). The molecule has 0 spiro atoms. The minimum atomic E-state index is -0.133. The predicted molar refractivity (Wildman–Crippen MR) is 106 cm³/mol. The van der Waals surface area contributed by atoms with Crippen molar-refractivity contribution in [2.24, 2.45) is 17.8 Å². The molecule has 27 heavy (non-hydrogen) atoms. The van der Waals surface area contributed by atoms with Crippen LogP contribution in [-0.4, -0.2) is 11.8 Å². The number of hydrogen-bond acceptors (Lipinski definition) is 2.